The second-order valence-electron chi connectivity index (χ2n) is 22.5. The molecule has 0 radical (unpaired) electrons. The smallest absolute Gasteiger partial charge is 0.410 e. The van der Waals surface area contributed by atoms with Crippen molar-refractivity contribution in [1.82, 2.24) is 69.9 Å². The number of rotatable bonds is 18. The van der Waals surface area contributed by atoms with E-state index in [9.17, 15) is 23.2 Å². The van der Waals surface area contributed by atoms with Crippen molar-refractivity contribution in [3.63, 3.8) is 0 Å². The summed E-state index contributed by atoms with van der Waals surface area (Å²) in [4.78, 5) is 55.4. The molecule has 83 heavy (non-hydrogen) atoms. The molecule has 22 heteroatoms. The highest BCUT2D eigenvalue weighted by Gasteiger charge is 2.38. The molecule has 432 valence electrons. The standard InChI is InChI=1S/C33H39FN8O3.C28H31FN8O/c1-33(2,3)45-32(44)40-19-17-39(18-20-40)30-31(43)41(26-10-12-27(13-11-26)42-16-15-36-38-42)22-25(37-30)5-4-14-35-29-21-28(29)23-6-8-24(34)9-7-23;29-21-5-3-20(4-6-21)25-18-26(25)31-11-1-2-22-19-36(28(38)27(33-22)35-15-12-30-13-16-35)23-7-9-24(10-8-23)37-17-14-32-34-37/h6-13,15-16,22,28-29,35H,4-5,14,17-21H2,1-3H3;3-10,14,17,19,25-26,30-31H,1-2,11-13,15-16,18H2/t28-,29+;25-,26+/m00/s1. The van der Waals surface area contributed by atoms with Gasteiger partial charge in [-0.1, -0.05) is 34.7 Å². The zero-order chi connectivity index (χ0) is 57.5. The third-order valence-electron chi connectivity index (χ3n) is 15.4. The van der Waals surface area contributed by atoms with E-state index in [-0.39, 0.29) is 28.8 Å². The number of amides is 1. The van der Waals surface area contributed by atoms with Crippen LogP contribution in [0.2, 0.25) is 0 Å². The van der Waals surface area contributed by atoms with Crippen molar-refractivity contribution in [1.29, 1.82) is 0 Å². The van der Waals surface area contributed by atoms with Gasteiger partial charge in [-0.25, -0.2) is 32.9 Å². The Bertz CT molecular complexity index is 3540. The van der Waals surface area contributed by atoms with E-state index >= 15 is 0 Å². The van der Waals surface area contributed by atoms with E-state index in [1.54, 1.807) is 48.2 Å². The molecule has 0 unspecified atom stereocenters. The molecule has 3 N–H and O–H groups in total. The van der Waals surface area contributed by atoms with E-state index in [2.05, 4.69) is 41.5 Å². The number of carbonyl (C=O) groups is 1. The summed E-state index contributed by atoms with van der Waals surface area (Å²) in [5.74, 6) is 1.35. The highest BCUT2D eigenvalue weighted by atomic mass is 19.1. The van der Waals surface area contributed by atoms with Crippen LogP contribution in [0.25, 0.3) is 22.7 Å². The molecule has 6 heterocycles. The minimum absolute atomic E-state index is 0.109. The Morgan fingerprint density at radius 3 is 1.42 bits per heavy atom. The lowest BCUT2D eigenvalue weighted by molar-refractivity contribution is 0.0240. The Kier molecular flexibility index (Phi) is 17.2. The average Bonchev–Trinajstić information content (AvgIpc) is 4.42. The van der Waals surface area contributed by atoms with Crippen LogP contribution >= 0.6 is 0 Å². The molecule has 2 saturated heterocycles. The van der Waals surface area contributed by atoms with Gasteiger partial charge >= 0.3 is 6.09 Å². The number of hydrogen-bond acceptors (Lipinski definition) is 15. The van der Waals surface area contributed by atoms with E-state index in [1.165, 1.54) is 29.8 Å². The van der Waals surface area contributed by atoms with Gasteiger partial charge in [-0.3, -0.25) is 18.7 Å². The highest BCUT2D eigenvalue weighted by molar-refractivity contribution is 5.68. The Hall–Kier alpha value is -8.47. The molecule has 2 aliphatic carbocycles. The molecule has 1 amide bonds. The van der Waals surface area contributed by atoms with Crippen LogP contribution in [-0.2, 0) is 17.6 Å². The number of piperazine rings is 2. The number of hydrogen-bond donors (Lipinski definition) is 3. The summed E-state index contributed by atoms with van der Waals surface area (Å²) in [6.45, 7) is 12.2. The molecule has 8 aromatic rings. The first-order valence-electron chi connectivity index (χ1n) is 28.7. The predicted molar refractivity (Wildman–Crippen MR) is 312 cm³/mol. The fraction of sp³-hybridized carbons (Fsp3) is 0.393. The first-order chi connectivity index (χ1) is 40.3. The van der Waals surface area contributed by atoms with Gasteiger partial charge in [0.05, 0.1) is 47.6 Å². The van der Waals surface area contributed by atoms with Gasteiger partial charge in [0, 0.05) is 100 Å². The van der Waals surface area contributed by atoms with Crippen molar-refractivity contribution in [3.05, 3.63) is 189 Å². The van der Waals surface area contributed by atoms with E-state index in [0.29, 0.717) is 68.2 Å². The molecular formula is C61H70F2N16O4. The number of halogens is 2. The molecule has 2 saturated carbocycles. The lowest BCUT2D eigenvalue weighted by Gasteiger charge is -2.36. The number of anilines is 2. The molecule has 2 aliphatic heterocycles. The lowest BCUT2D eigenvalue weighted by Crippen LogP contribution is -2.51. The minimum Gasteiger partial charge on any atom is -0.444 e. The largest absolute Gasteiger partial charge is 0.444 e. The number of nitrogens with zero attached hydrogens (tertiary/aromatic N) is 13. The van der Waals surface area contributed by atoms with Crippen molar-refractivity contribution in [2.75, 3.05) is 75.2 Å². The fourth-order valence-corrected chi connectivity index (χ4v) is 10.7. The van der Waals surface area contributed by atoms with Gasteiger partial charge in [0.1, 0.15) is 17.2 Å². The van der Waals surface area contributed by atoms with Crippen LogP contribution in [0.1, 0.15) is 80.8 Å². The number of ether oxygens (including phenoxy) is 1. The summed E-state index contributed by atoms with van der Waals surface area (Å²) in [6, 6.07) is 29.7. The van der Waals surface area contributed by atoms with Crippen LogP contribution in [0.15, 0.2) is 144 Å². The molecule has 0 spiro atoms. The number of benzene rings is 4. The van der Waals surface area contributed by atoms with Crippen LogP contribution in [0, 0.1) is 11.6 Å². The van der Waals surface area contributed by atoms with Crippen molar-refractivity contribution < 1.29 is 18.3 Å². The van der Waals surface area contributed by atoms with Crippen molar-refractivity contribution in [3.8, 4) is 22.7 Å². The topological polar surface area (TPSA) is 203 Å². The van der Waals surface area contributed by atoms with Gasteiger partial charge in [0.2, 0.25) is 0 Å². The van der Waals surface area contributed by atoms with Crippen LogP contribution in [-0.4, -0.2) is 143 Å². The summed E-state index contributed by atoms with van der Waals surface area (Å²) in [5.41, 5.74) is 6.39. The van der Waals surface area contributed by atoms with E-state index < -0.39 is 5.60 Å². The van der Waals surface area contributed by atoms with Gasteiger partial charge in [-0.05, 0) is 156 Å². The number of carbonyl (C=O) groups excluding carboxylic acids is 1. The van der Waals surface area contributed by atoms with Gasteiger partial charge in [-0.2, -0.15) is 0 Å². The minimum atomic E-state index is -0.572. The lowest BCUT2D eigenvalue weighted by atomic mass is 10.1. The summed E-state index contributed by atoms with van der Waals surface area (Å²) in [7, 11) is 0. The first-order valence-corrected chi connectivity index (χ1v) is 28.7. The third kappa shape index (κ3) is 14.2. The zero-order valence-electron chi connectivity index (χ0n) is 47.0. The summed E-state index contributed by atoms with van der Waals surface area (Å²) in [6.07, 6.45) is 15.5. The monoisotopic (exact) mass is 1130 g/mol. The van der Waals surface area contributed by atoms with Crippen LogP contribution in [0.3, 0.4) is 0 Å². The summed E-state index contributed by atoms with van der Waals surface area (Å²) >= 11 is 0. The van der Waals surface area contributed by atoms with Gasteiger partial charge < -0.3 is 35.4 Å². The molecule has 4 atom stereocenters. The van der Waals surface area contributed by atoms with Crippen molar-refractivity contribution >= 4 is 17.7 Å². The molecular weight excluding hydrogens is 1060 g/mol. The van der Waals surface area contributed by atoms with Crippen molar-refractivity contribution in [2.45, 2.75) is 88.8 Å². The zero-order valence-corrected chi connectivity index (χ0v) is 47.0. The third-order valence-corrected chi connectivity index (χ3v) is 15.4. The van der Waals surface area contributed by atoms with Crippen LogP contribution in [0.5, 0.6) is 0 Å². The second-order valence-corrected chi connectivity index (χ2v) is 22.5. The summed E-state index contributed by atoms with van der Waals surface area (Å²) < 4.78 is 38.8. The maximum absolute atomic E-state index is 13.8. The predicted octanol–water partition coefficient (Wildman–Crippen LogP) is 6.53. The quantitative estimate of drug-likeness (QED) is 0.0783. The number of aromatic nitrogens is 10. The normalized spacial score (nSPS) is 18.6. The molecule has 20 nitrogen and oxygen atoms in total. The first kappa shape index (κ1) is 56.4. The maximum Gasteiger partial charge on any atom is 0.410 e. The number of aryl methyl sites for hydroxylation is 2. The Balaban J connectivity index is 0.000000176. The summed E-state index contributed by atoms with van der Waals surface area (Å²) in [5, 5.41) is 26.4. The van der Waals surface area contributed by atoms with Crippen molar-refractivity contribution in [2.24, 2.45) is 0 Å². The van der Waals surface area contributed by atoms with E-state index in [4.69, 9.17) is 14.7 Å². The molecule has 4 aliphatic rings. The number of nitrogens with one attached hydrogen (secondary N) is 3. The van der Waals surface area contributed by atoms with Crippen LogP contribution < -0.4 is 36.9 Å². The second kappa shape index (κ2) is 25.3. The molecule has 4 aromatic heterocycles. The van der Waals surface area contributed by atoms with Gasteiger partial charge in [0.25, 0.3) is 11.1 Å². The van der Waals surface area contributed by atoms with Gasteiger partial charge in [0.15, 0.2) is 11.6 Å². The van der Waals surface area contributed by atoms with Crippen LogP contribution in [0.4, 0.5) is 25.2 Å². The molecule has 4 fully saturated rings. The maximum atomic E-state index is 13.8. The average molecular weight is 1130 g/mol. The SMILES string of the molecule is CC(C)(C)OC(=O)N1CCN(c2nc(CCCN[C@@H]3C[C@H]3c3ccc(F)cc3)cn(-c3ccc(-n4ccnn4)cc3)c2=O)CC1.O=c1c(N2CCNCC2)nc(CCCN[C@@H]2C[C@H]2c2ccc(F)cc2)cn1-c1ccc(-n2ccnn2)cc1. The van der Waals surface area contributed by atoms with Gasteiger partial charge in [-0.15, -0.1) is 10.2 Å². The molecule has 0 bridgehead atoms. The fourth-order valence-electron chi connectivity index (χ4n) is 10.7. The Morgan fingerprint density at radius 1 is 0.590 bits per heavy atom. The molecule has 12 rings (SSSR count). The van der Waals surface area contributed by atoms with E-state index in [1.807, 2.05) is 111 Å². The Labute approximate surface area is 480 Å². The van der Waals surface area contributed by atoms with E-state index in [0.717, 1.165) is 111 Å². The Morgan fingerprint density at radius 2 is 1.01 bits per heavy atom. The molecule has 4 aromatic carbocycles. The highest BCUT2D eigenvalue weighted by Crippen LogP contribution is 2.41.